The van der Waals surface area contributed by atoms with Gasteiger partial charge >= 0.3 is 11.9 Å². The summed E-state index contributed by atoms with van der Waals surface area (Å²) in [5.74, 6) is 0.904. The fourth-order valence-electron chi connectivity index (χ4n) is 3.59. The zero-order valence-electron chi connectivity index (χ0n) is 20.9. The van der Waals surface area contributed by atoms with Crippen LogP contribution in [-0.4, -0.2) is 38.5 Å². The van der Waals surface area contributed by atoms with Crippen molar-refractivity contribution in [2.24, 2.45) is 0 Å². The Hall–Kier alpha value is -4.39. The summed E-state index contributed by atoms with van der Waals surface area (Å²) < 4.78 is 21.4. The molecule has 0 fully saturated rings. The Morgan fingerprint density at radius 2 is 1.49 bits per heavy atom. The van der Waals surface area contributed by atoms with Crippen LogP contribution in [0.5, 0.6) is 17.2 Å². The number of rotatable bonds is 14. The van der Waals surface area contributed by atoms with E-state index in [1.54, 1.807) is 43.5 Å². The van der Waals surface area contributed by atoms with E-state index in [2.05, 4.69) is 6.58 Å². The van der Waals surface area contributed by atoms with Gasteiger partial charge in [-0.3, -0.25) is 0 Å². The molecule has 0 amide bonds. The number of unbranched alkanes of at least 4 members (excludes halogenated alkanes) is 3. The minimum absolute atomic E-state index is 0.361. The number of esters is 2. The van der Waals surface area contributed by atoms with Crippen molar-refractivity contribution >= 4 is 18.2 Å². The van der Waals surface area contributed by atoms with E-state index in [1.807, 2.05) is 30.3 Å². The van der Waals surface area contributed by atoms with Gasteiger partial charge in [-0.25, -0.2) is 9.59 Å². The van der Waals surface area contributed by atoms with E-state index >= 15 is 0 Å². The molecule has 0 unspecified atom stereocenters. The maximum atomic E-state index is 12.6. The quantitative estimate of drug-likeness (QED) is 0.0923. The predicted molar refractivity (Wildman–Crippen MR) is 143 cm³/mol. The lowest BCUT2D eigenvalue weighted by atomic mass is 10.00. The number of carbonyl (C=O) groups is 2. The second-order valence-electron chi connectivity index (χ2n) is 8.17. The molecular formula is C30H31NO6. The first-order chi connectivity index (χ1) is 18.0. The minimum atomic E-state index is -0.489. The van der Waals surface area contributed by atoms with Crippen molar-refractivity contribution < 1.29 is 28.5 Å². The third kappa shape index (κ3) is 8.35. The van der Waals surface area contributed by atoms with Crippen molar-refractivity contribution in [3.05, 3.63) is 90.5 Å². The van der Waals surface area contributed by atoms with Crippen LogP contribution >= 0.6 is 0 Å². The van der Waals surface area contributed by atoms with Crippen LogP contribution in [0.1, 0.15) is 41.6 Å². The first-order valence-corrected chi connectivity index (χ1v) is 12.1. The number of carbonyl (C=O) groups excluding carboxylic acids is 2. The number of hydrogen-bond donors (Lipinski definition) is 1. The number of methoxy groups -OCH3 is 1. The molecule has 0 saturated carbocycles. The molecular weight excluding hydrogens is 470 g/mol. The van der Waals surface area contributed by atoms with Gasteiger partial charge in [0, 0.05) is 17.9 Å². The summed E-state index contributed by atoms with van der Waals surface area (Å²) in [6.45, 7) is 4.32. The lowest BCUT2D eigenvalue weighted by Gasteiger charge is -2.11. The van der Waals surface area contributed by atoms with Crippen LogP contribution in [-0.2, 0) is 9.53 Å². The first-order valence-electron chi connectivity index (χ1n) is 12.1. The van der Waals surface area contributed by atoms with Gasteiger partial charge in [-0.05, 0) is 85.3 Å². The monoisotopic (exact) mass is 501 g/mol. The number of benzene rings is 3. The molecule has 3 aromatic rings. The molecule has 0 aliphatic rings. The van der Waals surface area contributed by atoms with E-state index in [-0.39, 0.29) is 0 Å². The summed E-state index contributed by atoms with van der Waals surface area (Å²) in [5.41, 5.74) is 2.82. The summed E-state index contributed by atoms with van der Waals surface area (Å²) in [5, 5.41) is 7.79. The highest BCUT2D eigenvalue weighted by Gasteiger charge is 2.12. The molecule has 0 bridgehead atoms. The molecule has 37 heavy (non-hydrogen) atoms. The number of hydrogen-bond acceptors (Lipinski definition) is 7. The van der Waals surface area contributed by atoms with Crippen molar-refractivity contribution in [2.75, 3.05) is 20.3 Å². The van der Waals surface area contributed by atoms with E-state index in [0.717, 1.165) is 48.6 Å². The molecule has 0 spiro atoms. The molecule has 0 aliphatic heterocycles. The average Bonchev–Trinajstić information content (AvgIpc) is 2.94. The van der Waals surface area contributed by atoms with Crippen LogP contribution < -0.4 is 14.2 Å². The lowest BCUT2D eigenvalue weighted by molar-refractivity contribution is -0.137. The molecule has 0 heterocycles. The van der Waals surface area contributed by atoms with E-state index in [4.69, 9.17) is 24.4 Å². The normalized spacial score (nSPS) is 10.3. The fourth-order valence-corrected chi connectivity index (χ4v) is 3.59. The highest BCUT2D eigenvalue weighted by molar-refractivity contribution is 5.93. The average molecular weight is 502 g/mol. The Balaban J connectivity index is 1.47. The molecule has 3 aromatic carbocycles. The van der Waals surface area contributed by atoms with Crippen molar-refractivity contribution in [1.29, 1.82) is 5.41 Å². The van der Waals surface area contributed by atoms with Gasteiger partial charge in [0.25, 0.3) is 0 Å². The maximum Gasteiger partial charge on any atom is 0.343 e. The van der Waals surface area contributed by atoms with Crippen LogP contribution in [0.2, 0.25) is 0 Å². The van der Waals surface area contributed by atoms with Gasteiger partial charge in [0.2, 0.25) is 0 Å². The van der Waals surface area contributed by atoms with Crippen LogP contribution in [0, 0.1) is 5.41 Å². The molecule has 1 N–H and O–H groups in total. The molecule has 0 saturated heterocycles. The molecule has 0 radical (unpaired) electrons. The highest BCUT2D eigenvalue weighted by Crippen LogP contribution is 2.28. The van der Waals surface area contributed by atoms with Gasteiger partial charge in [0.15, 0.2) is 0 Å². The second-order valence-corrected chi connectivity index (χ2v) is 8.17. The predicted octanol–water partition coefficient (Wildman–Crippen LogP) is 6.25. The topological polar surface area (TPSA) is 94.9 Å². The Labute approximate surface area is 217 Å². The van der Waals surface area contributed by atoms with Crippen LogP contribution in [0.4, 0.5) is 0 Å². The Bertz CT molecular complexity index is 1200. The molecule has 0 aliphatic carbocycles. The minimum Gasteiger partial charge on any atom is -0.497 e. The largest absolute Gasteiger partial charge is 0.497 e. The molecule has 3 rings (SSSR count). The highest BCUT2D eigenvalue weighted by atomic mass is 16.5. The van der Waals surface area contributed by atoms with Crippen LogP contribution in [0.25, 0.3) is 11.1 Å². The number of nitrogens with one attached hydrogen (secondary N) is 1. The lowest BCUT2D eigenvalue weighted by Crippen LogP contribution is -2.09. The number of ether oxygens (including phenoxy) is 4. The molecule has 7 heteroatoms. The Morgan fingerprint density at radius 3 is 2.14 bits per heavy atom. The Kier molecular flexibility index (Phi) is 10.5. The molecule has 0 aromatic heterocycles. The van der Waals surface area contributed by atoms with Gasteiger partial charge in [-0.1, -0.05) is 24.8 Å². The zero-order chi connectivity index (χ0) is 26.5. The standard InChI is InChI=1S/C30H31NO6/c1-3-29(32)36-19-7-5-4-6-18-35-26-14-10-23(11-15-26)30(33)37-27-16-17-28(24(20-27)21-31)22-8-12-25(34-2)13-9-22/h3,8-17,20-21,31H,1,4-7,18-19H2,2H3. The van der Waals surface area contributed by atoms with Crippen molar-refractivity contribution in [3.63, 3.8) is 0 Å². The smallest absolute Gasteiger partial charge is 0.343 e. The van der Waals surface area contributed by atoms with Gasteiger partial charge in [-0.2, -0.15) is 0 Å². The van der Waals surface area contributed by atoms with Crippen molar-refractivity contribution in [3.8, 4) is 28.4 Å². The third-order valence-electron chi connectivity index (χ3n) is 5.60. The van der Waals surface area contributed by atoms with Crippen molar-refractivity contribution in [2.45, 2.75) is 25.7 Å². The van der Waals surface area contributed by atoms with Gasteiger partial charge in [-0.15, -0.1) is 0 Å². The summed E-state index contributed by atoms with van der Waals surface area (Å²) in [7, 11) is 1.61. The van der Waals surface area contributed by atoms with E-state index in [9.17, 15) is 9.59 Å². The van der Waals surface area contributed by atoms with Crippen LogP contribution in [0.15, 0.2) is 79.4 Å². The molecule has 0 atom stereocenters. The van der Waals surface area contributed by atoms with Crippen LogP contribution in [0.3, 0.4) is 0 Å². The Morgan fingerprint density at radius 1 is 0.838 bits per heavy atom. The van der Waals surface area contributed by atoms with Gasteiger partial charge in [0.1, 0.15) is 17.2 Å². The second kappa shape index (κ2) is 14.2. The first kappa shape index (κ1) is 27.2. The maximum absolute atomic E-state index is 12.6. The summed E-state index contributed by atoms with van der Waals surface area (Å²) in [6.07, 6.45) is 5.99. The zero-order valence-corrected chi connectivity index (χ0v) is 20.9. The summed E-state index contributed by atoms with van der Waals surface area (Å²) in [6, 6.07) is 19.6. The summed E-state index contributed by atoms with van der Waals surface area (Å²) in [4.78, 5) is 23.6. The van der Waals surface area contributed by atoms with E-state index in [0.29, 0.717) is 35.8 Å². The SMILES string of the molecule is C=CC(=O)OCCCCCCOc1ccc(C(=O)Oc2ccc(-c3ccc(OC)cc3)c(C=N)c2)cc1. The van der Waals surface area contributed by atoms with E-state index in [1.165, 1.54) is 6.21 Å². The van der Waals surface area contributed by atoms with Gasteiger partial charge in [0.05, 0.1) is 25.9 Å². The molecule has 192 valence electrons. The summed E-state index contributed by atoms with van der Waals surface area (Å²) >= 11 is 0. The van der Waals surface area contributed by atoms with E-state index < -0.39 is 11.9 Å². The molecule has 7 nitrogen and oxygen atoms in total. The third-order valence-corrected chi connectivity index (χ3v) is 5.60. The van der Waals surface area contributed by atoms with Crippen molar-refractivity contribution in [1.82, 2.24) is 0 Å². The fraction of sp³-hybridized carbons (Fsp3) is 0.233. The van der Waals surface area contributed by atoms with Gasteiger partial charge < -0.3 is 24.4 Å².